The lowest BCUT2D eigenvalue weighted by Crippen LogP contribution is -2.30. The summed E-state index contributed by atoms with van der Waals surface area (Å²) in [5, 5.41) is 0. The maximum Gasteiger partial charge on any atom is 0.306 e. The molecule has 0 spiro atoms. The van der Waals surface area contributed by atoms with Crippen LogP contribution in [0, 0.1) is 0 Å². The molecule has 71 heavy (non-hydrogen) atoms. The molecule has 0 aliphatic carbocycles. The van der Waals surface area contributed by atoms with E-state index >= 15 is 0 Å². The fraction of sp³-hybridized carbons (Fsp3) is 0.677. The number of carbonyl (C=O) groups is 3. The third-order valence-corrected chi connectivity index (χ3v) is 12.4. The smallest absolute Gasteiger partial charge is 0.306 e. The van der Waals surface area contributed by atoms with Crippen LogP contribution in [0.1, 0.15) is 265 Å². The number of rotatable bonds is 52. The van der Waals surface area contributed by atoms with Gasteiger partial charge in [0.25, 0.3) is 0 Å². The van der Waals surface area contributed by atoms with Crippen molar-refractivity contribution in [2.24, 2.45) is 0 Å². The van der Waals surface area contributed by atoms with Crippen LogP contribution in [0.5, 0.6) is 0 Å². The van der Waals surface area contributed by atoms with E-state index in [0.717, 1.165) is 64.2 Å². The molecule has 0 heterocycles. The van der Waals surface area contributed by atoms with E-state index in [2.05, 4.69) is 69.4 Å². The van der Waals surface area contributed by atoms with Crippen LogP contribution in [0.25, 0.3) is 0 Å². The lowest BCUT2D eigenvalue weighted by atomic mass is 10.1. The summed E-state index contributed by atoms with van der Waals surface area (Å²) < 4.78 is 16.8. The number of esters is 3. The van der Waals surface area contributed by atoms with Gasteiger partial charge in [-0.15, -0.1) is 0 Å². The summed E-state index contributed by atoms with van der Waals surface area (Å²) >= 11 is 0. The highest BCUT2D eigenvalue weighted by Crippen LogP contribution is 2.15. The number of ether oxygens (including phenoxy) is 3. The minimum Gasteiger partial charge on any atom is -0.462 e. The maximum atomic E-state index is 12.9. The summed E-state index contributed by atoms with van der Waals surface area (Å²) in [6.45, 7) is 6.43. The molecular weight excluding hydrogens is 877 g/mol. The monoisotopic (exact) mass is 985 g/mol. The van der Waals surface area contributed by atoms with E-state index in [1.54, 1.807) is 0 Å². The van der Waals surface area contributed by atoms with Crippen LogP contribution in [0.15, 0.2) is 109 Å². The van der Waals surface area contributed by atoms with E-state index in [-0.39, 0.29) is 37.5 Å². The first-order chi connectivity index (χ1) is 35.0. The molecule has 1 unspecified atom stereocenters. The van der Waals surface area contributed by atoms with Gasteiger partial charge in [0.15, 0.2) is 6.10 Å². The Morgan fingerprint density at radius 3 is 0.958 bits per heavy atom. The van der Waals surface area contributed by atoms with E-state index in [1.165, 1.54) is 154 Å². The molecule has 0 fully saturated rings. The Balaban J connectivity index is 4.48. The highest BCUT2D eigenvalue weighted by atomic mass is 16.6. The SMILES string of the molecule is CC\C=C/C=C\C=C/C=C\C=C\C=C/CCCCCC(=O)OC(COC(=O)CCCCCCCCC/C=C\CCCCCCCC)COC(=O)CCCCCCCCCCCC/C=C\C=C/CCCCC. The van der Waals surface area contributed by atoms with Crippen molar-refractivity contribution in [3.8, 4) is 0 Å². The van der Waals surface area contributed by atoms with Gasteiger partial charge in [0.05, 0.1) is 0 Å². The number of hydrogen-bond donors (Lipinski definition) is 0. The Hall–Kier alpha value is -3.93. The molecule has 6 heteroatoms. The van der Waals surface area contributed by atoms with Crippen LogP contribution in [0.2, 0.25) is 0 Å². The Bertz CT molecular complexity index is 1460. The highest BCUT2D eigenvalue weighted by molar-refractivity contribution is 5.71. The van der Waals surface area contributed by atoms with E-state index in [0.29, 0.717) is 19.3 Å². The van der Waals surface area contributed by atoms with Gasteiger partial charge in [-0.2, -0.15) is 0 Å². The molecular formula is C65H108O6. The quantitative estimate of drug-likeness (QED) is 0.0199. The molecule has 0 aromatic carbocycles. The molecule has 0 saturated heterocycles. The molecule has 0 bridgehead atoms. The topological polar surface area (TPSA) is 78.9 Å². The van der Waals surface area contributed by atoms with E-state index in [4.69, 9.17) is 14.2 Å². The minimum atomic E-state index is -0.807. The molecule has 0 N–H and O–H groups in total. The molecule has 1 atom stereocenters. The second-order valence-corrected chi connectivity index (χ2v) is 19.3. The number of carbonyl (C=O) groups excluding carboxylic acids is 3. The van der Waals surface area contributed by atoms with Gasteiger partial charge >= 0.3 is 17.9 Å². The minimum absolute atomic E-state index is 0.100. The average molecular weight is 986 g/mol. The number of unbranched alkanes of at least 4 members (excludes halogenated alkanes) is 29. The van der Waals surface area contributed by atoms with Crippen molar-refractivity contribution in [3.05, 3.63) is 109 Å². The van der Waals surface area contributed by atoms with E-state index in [1.807, 2.05) is 60.8 Å². The van der Waals surface area contributed by atoms with Gasteiger partial charge in [-0.3, -0.25) is 14.4 Å². The third-order valence-electron chi connectivity index (χ3n) is 12.4. The van der Waals surface area contributed by atoms with Crippen molar-refractivity contribution in [2.45, 2.75) is 271 Å². The highest BCUT2D eigenvalue weighted by Gasteiger charge is 2.19. The molecule has 0 saturated carbocycles. The maximum absolute atomic E-state index is 12.9. The van der Waals surface area contributed by atoms with Crippen molar-refractivity contribution < 1.29 is 28.6 Å². The van der Waals surface area contributed by atoms with Gasteiger partial charge in [0.2, 0.25) is 0 Å². The van der Waals surface area contributed by atoms with Crippen LogP contribution in [0.3, 0.4) is 0 Å². The molecule has 0 amide bonds. The van der Waals surface area contributed by atoms with Crippen molar-refractivity contribution in [1.29, 1.82) is 0 Å². The Kier molecular flexibility index (Phi) is 55.4. The molecule has 404 valence electrons. The summed E-state index contributed by atoms with van der Waals surface area (Å²) in [6.07, 6.45) is 79.3. The number of allylic oxidation sites excluding steroid dienone is 18. The molecule has 6 nitrogen and oxygen atoms in total. The largest absolute Gasteiger partial charge is 0.462 e. The Labute approximate surface area is 438 Å². The zero-order valence-corrected chi connectivity index (χ0v) is 46.2. The van der Waals surface area contributed by atoms with E-state index in [9.17, 15) is 14.4 Å². The van der Waals surface area contributed by atoms with Gasteiger partial charge < -0.3 is 14.2 Å². The predicted octanol–water partition coefficient (Wildman–Crippen LogP) is 19.9. The lowest BCUT2D eigenvalue weighted by molar-refractivity contribution is -0.167. The summed E-state index contributed by atoms with van der Waals surface area (Å²) in [5.74, 6) is -0.949. The summed E-state index contributed by atoms with van der Waals surface area (Å²) in [7, 11) is 0. The van der Waals surface area contributed by atoms with Crippen molar-refractivity contribution in [1.82, 2.24) is 0 Å². The lowest BCUT2D eigenvalue weighted by Gasteiger charge is -2.18. The summed E-state index contributed by atoms with van der Waals surface area (Å²) in [6, 6.07) is 0. The Morgan fingerprint density at radius 2 is 0.563 bits per heavy atom. The third kappa shape index (κ3) is 56.9. The standard InChI is InChI=1S/C65H108O6/c1-4-7-10-13-16-19-22-25-28-31-32-35-37-40-43-46-49-52-55-58-64(67)70-61-62(71-65(68)59-56-53-50-47-44-41-38-34-30-27-24-21-18-15-12-9-6-3)60-69-63(66)57-54-51-48-45-42-39-36-33-29-26-23-20-17-14-11-8-5-2/h9,12,15-16,18-19,21-22,24-27,29-30,34,38,41,44,62H,4-8,10-11,13-14,17,20,23,28,31-33,35-37,39-40,42-43,45-61H2,1-3H3/b12-9-,18-15-,19-16-,24-21-,25-22-,29-26-,30-27-,38-34+,44-41-. The van der Waals surface area contributed by atoms with Crippen LogP contribution < -0.4 is 0 Å². The van der Waals surface area contributed by atoms with Crippen molar-refractivity contribution in [2.75, 3.05) is 13.2 Å². The first-order valence-electron chi connectivity index (χ1n) is 29.5. The zero-order chi connectivity index (χ0) is 51.4. The molecule has 0 aromatic rings. The first kappa shape index (κ1) is 67.1. The zero-order valence-electron chi connectivity index (χ0n) is 46.2. The van der Waals surface area contributed by atoms with Gasteiger partial charge in [-0.25, -0.2) is 0 Å². The summed E-state index contributed by atoms with van der Waals surface area (Å²) in [5.41, 5.74) is 0. The van der Waals surface area contributed by atoms with Crippen LogP contribution in [0.4, 0.5) is 0 Å². The number of hydrogen-bond acceptors (Lipinski definition) is 6. The average Bonchev–Trinajstić information content (AvgIpc) is 3.37. The normalized spacial score (nSPS) is 12.9. The molecule has 0 aliphatic rings. The molecule has 0 radical (unpaired) electrons. The Morgan fingerprint density at radius 1 is 0.296 bits per heavy atom. The van der Waals surface area contributed by atoms with Crippen LogP contribution in [-0.4, -0.2) is 37.2 Å². The fourth-order valence-electron chi connectivity index (χ4n) is 7.99. The van der Waals surface area contributed by atoms with Crippen LogP contribution >= 0.6 is 0 Å². The van der Waals surface area contributed by atoms with Crippen LogP contribution in [-0.2, 0) is 28.6 Å². The van der Waals surface area contributed by atoms with Gasteiger partial charge in [0.1, 0.15) is 13.2 Å². The van der Waals surface area contributed by atoms with Crippen molar-refractivity contribution >= 4 is 17.9 Å². The van der Waals surface area contributed by atoms with Gasteiger partial charge in [0, 0.05) is 19.3 Å². The summed E-state index contributed by atoms with van der Waals surface area (Å²) in [4.78, 5) is 38.2. The first-order valence-corrected chi connectivity index (χ1v) is 29.5. The van der Waals surface area contributed by atoms with Gasteiger partial charge in [-0.1, -0.05) is 265 Å². The van der Waals surface area contributed by atoms with Gasteiger partial charge in [-0.05, 0) is 89.9 Å². The molecule has 0 aliphatic heterocycles. The fourth-order valence-corrected chi connectivity index (χ4v) is 7.99. The molecule has 0 aromatic heterocycles. The van der Waals surface area contributed by atoms with Crippen molar-refractivity contribution in [3.63, 3.8) is 0 Å². The molecule has 0 rings (SSSR count). The second kappa shape index (κ2) is 58.6. The predicted molar refractivity (Wildman–Crippen MR) is 307 cm³/mol. The second-order valence-electron chi connectivity index (χ2n) is 19.3. The van der Waals surface area contributed by atoms with E-state index < -0.39 is 6.10 Å².